The smallest absolute Gasteiger partial charge is 0.511 e. The summed E-state index contributed by atoms with van der Waals surface area (Å²) >= 11 is 0. The summed E-state index contributed by atoms with van der Waals surface area (Å²) in [5.74, 6) is -3.12. The molecular formula is C10H6BF3O3. The van der Waals surface area contributed by atoms with E-state index in [2.05, 4.69) is 4.65 Å². The highest BCUT2D eigenvalue weighted by molar-refractivity contribution is 6.34. The largest absolute Gasteiger partial charge is 0.707 e. The second-order valence-corrected chi connectivity index (χ2v) is 3.30. The number of hydrogen-bond donors (Lipinski definition) is 2. The lowest BCUT2D eigenvalue weighted by molar-refractivity contribution is 0.289. The van der Waals surface area contributed by atoms with Crippen LogP contribution in [-0.4, -0.2) is 17.4 Å². The van der Waals surface area contributed by atoms with Gasteiger partial charge in [-0.05, 0) is 18.2 Å². The van der Waals surface area contributed by atoms with Gasteiger partial charge in [-0.2, -0.15) is 0 Å². The molecule has 0 saturated carbocycles. The van der Waals surface area contributed by atoms with Gasteiger partial charge in [0, 0.05) is 11.5 Å². The fourth-order valence-corrected chi connectivity index (χ4v) is 1.55. The van der Waals surface area contributed by atoms with Crippen LogP contribution in [0.2, 0.25) is 0 Å². The SMILES string of the molecule is OB(O)Oc1ccc(F)c2c(F)cc(F)cc12. The predicted molar refractivity (Wildman–Crippen MR) is 54.6 cm³/mol. The highest BCUT2D eigenvalue weighted by Gasteiger charge is 2.17. The molecule has 2 aromatic rings. The molecular weight excluding hydrogens is 236 g/mol. The first-order chi connectivity index (χ1) is 7.99. The molecule has 0 saturated heterocycles. The molecule has 2 N–H and O–H groups in total. The highest BCUT2D eigenvalue weighted by atomic mass is 19.1. The maximum Gasteiger partial charge on any atom is 0.707 e. The minimum atomic E-state index is -2.16. The Balaban J connectivity index is 2.75. The summed E-state index contributed by atoms with van der Waals surface area (Å²) in [6, 6.07) is 3.32. The van der Waals surface area contributed by atoms with Gasteiger partial charge < -0.3 is 14.7 Å². The second-order valence-electron chi connectivity index (χ2n) is 3.30. The summed E-state index contributed by atoms with van der Waals surface area (Å²) in [6.07, 6.45) is 0. The second kappa shape index (κ2) is 4.27. The van der Waals surface area contributed by atoms with Gasteiger partial charge >= 0.3 is 7.32 Å². The van der Waals surface area contributed by atoms with Crippen LogP contribution in [0.1, 0.15) is 0 Å². The molecule has 3 nitrogen and oxygen atoms in total. The van der Waals surface area contributed by atoms with Crippen LogP contribution < -0.4 is 4.65 Å². The van der Waals surface area contributed by atoms with Crippen molar-refractivity contribution in [3.05, 3.63) is 41.7 Å². The van der Waals surface area contributed by atoms with Gasteiger partial charge in [-0.3, -0.25) is 0 Å². The van der Waals surface area contributed by atoms with E-state index in [0.29, 0.717) is 6.07 Å². The zero-order chi connectivity index (χ0) is 12.6. The van der Waals surface area contributed by atoms with Crippen LogP contribution in [0.3, 0.4) is 0 Å². The van der Waals surface area contributed by atoms with E-state index in [1.165, 1.54) is 0 Å². The third kappa shape index (κ3) is 2.20. The Kier molecular flexibility index (Phi) is 2.95. The fourth-order valence-electron chi connectivity index (χ4n) is 1.55. The van der Waals surface area contributed by atoms with Crippen molar-refractivity contribution in [3.63, 3.8) is 0 Å². The van der Waals surface area contributed by atoms with Gasteiger partial charge in [0.05, 0.1) is 5.39 Å². The molecule has 7 heteroatoms. The number of benzene rings is 2. The Morgan fingerprint density at radius 1 is 1.00 bits per heavy atom. The molecule has 0 heterocycles. The summed E-state index contributed by atoms with van der Waals surface area (Å²) in [4.78, 5) is 0. The Hall–Kier alpha value is -1.73. The minimum absolute atomic E-state index is 0.212. The van der Waals surface area contributed by atoms with E-state index in [1.54, 1.807) is 0 Å². The molecule has 0 aromatic heterocycles. The van der Waals surface area contributed by atoms with E-state index in [4.69, 9.17) is 10.0 Å². The first kappa shape index (κ1) is 11.8. The molecule has 0 aliphatic heterocycles. The monoisotopic (exact) mass is 242 g/mol. The summed E-state index contributed by atoms with van der Waals surface area (Å²) in [6.45, 7) is 0. The molecule has 0 aliphatic rings. The topological polar surface area (TPSA) is 49.7 Å². The van der Waals surface area contributed by atoms with Crippen molar-refractivity contribution in [1.82, 2.24) is 0 Å². The average Bonchev–Trinajstić information content (AvgIpc) is 2.20. The molecule has 88 valence electrons. The van der Waals surface area contributed by atoms with E-state index in [1.807, 2.05) is 0 Å². The standard InChI is InChI=1S/C10H6BF3O3/c12-5-3-6-9(17-11(15)16)2-1-7(13)10(6)8(14)4-5/h1-4,15-16H. The van der Waals surface area contributed by atoms with E-state index < -0.39 is 30.2 Å². The summed E-state index contributed by atoms with van der Waals surface area (Å²) in [5, 5.41) is 16.6. The van der Waals surface area contributed by atoms with Gasteiger partial charge in [-0.1, -0.05) is 0 Å². The van der Waals surface area contributed by atoms with Gasteiger partial charge in [0.1, 0.15) is 23.2 Å². The predicted octanol–water partition coefficient (Wildman–Crippen LogP) is 1.61. The van der Waals surface area contributed by atoms with Crippen LogP contribution in [0.4, 0.5) is 13.2 Å². The molecule has 0 spiro atoms. The van der Waals surface area contributed by atoms with E-state index >= 15 is 0 Å². The summed E-state index contributed by atoms with van der Waals surface area (Å²) in [7, 11) is -2.16. The van der Waals surface area contributed by atoms with E-state index in [9.17, 15) is 13.2 Å². The summed E-state index contributed by atoms with van der Waals surface area (Å²) in [5.41, 5.74) is 0. The molecule has 0 amide bonds. The third-order valence-electron chi connectivity index (χ3n) is 2.17. The molecule has 0 atom stereocenters. The Morgan fingerprint density at radius 3 is 2.35 bits per heavy atom. The lowest BCUT2D eigenvalue weighted by atomic mass is 10.1. The average molecular weight is 242 g/mol. The molecule has 17 heavy (non-hydrogen) atoms. The number of halogens is 3. The fraction of sp³-hybridized carbons (Fsp3) is 0. The Labute approximate surface area is 94.2 Å². The van der Waals surface area contributed by atoms with Crippen LogP contribution >= 0.6 is 0 Å². The van der Waals surface area contributed by atoms with Crippen molar-refractivity contribution >= 4 is 18.1 Å². The van der Waals surface area contributed by atoms with Crippen molar-refractivity contribution in [3.8, 4) is 5.75 Å². The quantitative estimate of drug-likeness (QED) is 0.786. The van der Waals surface area contributed by atoms with Gasteiger partial charge in [0.25, 0.3) is 0 Å². The first-order valence-corrected chi connectivity index (χ1v) is 4.59. The van der Waals surface area contributed by atoms with Crippen molar-refractivity contribution in [2.75, 3.05) is 0 Å². The van der Waals surface area contributed by atoms with E-state index in [0.717, 1.165) is 18.2 Å². The number of rotatable bonds is 2. The molecule has 0 unspecified atom stereocenters. The zero-order valence-electron chi connectivity index (χ0n) is 8.32. The molecule has 0 aliphatic carbocycles. The highest BCUT2D eigenvalue weighted by Crippen LogP contribution is 2.30. The van der Waals surface area contributed by atoms with Crippen LogP contribution in [0.25, 0.3) is 10.8 Å². The van der Waals surface area contributed by atoms with Gasteiger partial charge in [0.15, 0.2) is 0 Å². The molecule has 0 bridgehead atoms. The minimum Gasteiger partial charge on any atom is -0.511 e. The Morgan fingerprint density at radius 2 is 1.71 bits per heavy atom. The van der Waals surface area contributed by atoms with Crippen LogP contribution in [0, 0.1) is 17.5 Å². The molecule has 2 aromatic carbocycles. The first-order valence-electron chi connectivity index (χ1n) is 4.59. The maximum atomic E-state index is 13.4. The lowest BCUT2D eigenvalue weighted by Gasteiger charge is -2.09. The lowest BCUT2D eigenvalue weighted by Crippen LogP contribution is -2.20. The third-order valence-corrected chi connectivity index (χ3v) is 2.17. The van der Waals surface area contributed by atoms with Crippen molar-refractivity contribution in [1.29, 1.82) is 0 Å². The summed E-state index contributed by atoms with van der Waals surface area (Å²) < 4.78 is 44.2. The van der Waals surface area contributed by atoms with Crippen LogP contribution in [0.5, 0.6) is 5.75 Å². The van der Waals surface area contributed by atoms with Gasteiger partial charge in [-0.15, -0.1) is 0 Å². The van der Waals surface area contributed by atoms with Crippen LogP contribution in [-0.2, 0) is 0 Å². The number of fused-ring (bicyclic) bond motifs is 1. The van der Waals surface area contributed by atoms with Gasteiger partial charge in [-0.25, -0.2) is 13.2 Å². The van der Waals surface area contributed by atoms with E-state index in [-0.39, 0.29) is 11.1 Å². The van der Waals surface area contributed by atoms with Crippen LogP contribution in [0.15, 0.2) is 24.3 Å². The van der Waals surface area contributed by atoms with Crippen molar-refractivity contribution < 1.29 is 27.9 Å². The molecule has 0 fully saturated rings. The molecule has 2 rings (SSSR count). The Bertz CT molecular complexity index is 574. The number of hydrogen-bond acceptors (Lipinski definition) is 3. The van der Waals surface area contributed by atoms with Gasteiger partial charge in [0.2, 0.25) is 0 Å². The normalized spacial score (nSPS) is 10.6. The van der Waals surface area contributed by atoms with Crippen molar-refractivity contribution in [2.45, 2.75) is 0 Å². The molecule has 0 radical (unpaired) electrons. The van der Waals surface area contributed by atoms with Crippen molar-refractivity contribution in [2.24, 2.45) is 0 Å². The zero-order valence-corrected chi connectivity index (χ0v) is 8.32. The maximum absolute atomic E-state index is 13.4.